The monoisotopic (exact) mass is 343 g/mol. The number of rotatable bonds is 2. The van der Waals surface area contributed by atoms with Crippen LogP contribution in [0.5, 0.6) is 5.75 Å². The zero-order valence-electron chi connectivity index (χ0n) is 7.63. The minimum Gasteiger partial charge on any atom is -0.506 e. The third-order valence-corrected chi connectivity index (χ3v) is 3.12. The van der Waals surface area contributed by atoms with E-state index >= 15 is 0 Å². The number of hydrogen-bond donors (Lipinski definition) is 2. The highest BCUT2D eigenvalue weighted by atomic mass is 79.9. The maximum Gasteiger partial charge on any atom is 0.143 e. The molecule has 5 heteroatoms. The SMILES string of the molecule is CC[C@H](N)c1cc(Br)c(O)c(Br)c1.Cl. The van der Waals surface area contributed by atoms with E-state index < -0.39 is 0 Å². The molecule has 0 aliphatic rings. The molecule has 1 rings (SSSR count). The van der Waals surface area contributed by atoms with Gasteiger partial charge in [-0.05, 0) is 56.0 Å². The minimum absolute atomic E-state index is 0. The molecule has 0 fully saturated rings. The summed E-state index contributed by atoms with van der Waals surface area (Å²) < 4.78 is 1.33. The van der Waals surface area contributed by atoms with Gasteiger partial charge in [-0.15, -0.1) is 12.4 Å². The number of phenols is 1. The lowest BCUT2D eigenvalue weighted by Crippen LogP contribution is -2.08. The van der Waals surface area contributed by atoms with Crippen LogP contribution < -0.4 is 5.73 Å². The molecule has 0 unspecified atom stereocenters. The Kier molecular flexibility index (Phi) is 6.05. The van der Waals surface area contributed by atoms with Crippen molar-refractivity contribution in [2.75, 3.05) is 0 Å². The third-order valence-electron chi connectivity index (χ3n) is 1.91. The molecule has 0 heterocycles. The van der Waals surface area contributed by atoms with Crippen LogP contribution >= 0.6 is 44.3 Å². The Balaban J connectivity index is 0.00000169. The Hall–Kier alpha value is 0.230. The van der Waals surface area contributed by atoms with Crippen molar-refractivity contribution >= 4 is 44.3 Å². The van der Waals surface area contributed by atoms with Crippen LogP contribution in [0.2, 0.25) is 0 Å². The van der Waals surface area contributed by atoms with Crippen molar-refractivity contribution in [2.45, 2.75) is 19.4 Å². The molecule has 0 amide bonds. The summed E-state index contributed by atoms with van der Waals surface area (Å²) in [5, 5.41) is 9.45. The second-order valence-electron chi connectivity index (χ2n) is 2.85. The molecule has 0 aliphatic carbocycles. The Bertz CT molecular complexity index is 297. The van der Waals surface area contributed by atoms with Crippen molar-refractivity contribution in [3.8, 4) is 5.75 Å². The van der Waals surface area contributed by atoms with Gasteiger partial charge in [0.2, 0.25) is 0 Å². The van der Waals surface area contributed by atoms with Crippen molar-refractivity contribution in [1.29, 1.82) is 0 Å². The molecule has 80 valence electrons. The van der Waals surface area contributed by atoms with E-state index in [1.807, 2.05) is 19.1 Å². The molecule has 0 spiro atoms. The number of nitrogens with two attached hydrogens (primary N) is 1. The lowest BCUT2D eigenvalue weighted by molar-refractivity contribution is 0.468. The van der Waals surface area contributed by atoms with Gasteiger partial charge in [-0.2, -0.15) is 0 Å². The average molecular weight is 345 g/mol. The molecule has 3 N–H and O–H groups in total. The first-order chi connectivity index (χ1) is 6.06. The molecule has 0 bridgehead atoms. The fourth-order valence-corrected chi connectivity index (χ4v) is 2.26. The second-order valence-corrected chi connectivity index (χ2v) is 4.56. The largest absolute Gasteiger partial charge is 0.506 e. The minimum atomic E-state index is 0. The molecule has 1 aromatic rings. The van der Waals surface area contributed by atoms with E-state index in [0.29, 0.717) is 8.95 Å². The van der Waals surface area contributed by atoms with E-state index in [-0.39, 0.29) is 24.2 Å². The van der Waals surface area contributed by atoms with Crippen LogP contribution in [0.4, 0.5) is 0 Å². The highest BCUT2D eigenvalue weighted by Gasteiger charge is 2.09. The van der Waals surface area contributed by atoms with Crippen molar-refractivity contribution in [3.05, 3.63) is 26.6 Å². The van der Waals surface area contributed by atoms with Gasteiger partial charge in [-0.25, -0.2) is 0 Å². The van der Waals surface area contributed by atoms with Gasteiger partial charge in [-0.3, -0.25) is 0 Å². The van der Waals surface area contributed by atoms with Gasteiger partial charge in [0.25, 0.3) is 0 Å². The Morgan fingerprint density at radius 3 is 2.14 bits per heavy atom. The van der Waals surface area contributed by atoms with Crippen LogP contribution in [0.25, 0.3) is 0 Å². The Morgan fingerprint density at radius 2 is 1.79 bits per heavy atom. The molecule has 1 atom stereocenters. The quantitative estimate of drug-likeness (QED) is 0.857. The van der Waals surface area contributed by atoms with Gasteiger partial charge in [0.1, 0.15) is 5.75 Å². The number of halogens is 3. The summed E-state index contributed by atoms with van der Waals surface area (Å²) in [6.07, 6.45) is 0.879. The summed E-state index contributed by atoms with van der Waals surface area (Å²) in [5.41, 5.74) is 6.87. The first-order valence-corrected chi connectivity index (χ1v) is 5.58. The maximum atomic E-state index is 9.45. The summed E-state index contributed by atoms with van der Waals surface area (Å²) in [5.74, 6) is 0.215. The fourth-order valence-electron chi connectivity index (χ4n) is 1.03. The van der Waals surface area contributed by atoms with E-state index in [9.17, 15) is 5.11 Å². The fraction of sp³-hybridized carbons (Fsp3) is 0.333. The topological polar surface area (TPSA) is 46.2 Å². The molecule has 1 aromatic carbocycles. The van der Waals surface area contributed by atoms with Gasteiger partial charge in [0, 0.05) is 6.04 Å². The molecule has 14 heavy (non-hydrogen) atoms. The molecule has 2 nitrogen and oxygen atoms in total. The number of hydrogen-bond acceptors (Lipinski definition) is 2. The molecule has 0 aromatic heterocycles. The molecule has 0 radical (unpaired) electrons. The van der Waals surface area contributed by atoms with Crippen molar-refractivity contribution in [2.24, 2.45) is 5.73 Å². The van der Waals surface area contributed by atoms with Crippen LogP contribution in [0, 0.1) is 0 Å². The number of benzene rings is 1. The van der Waals surface area contributed by atoms with Crippen LogP contribution in [-0.4, -0.2) is 5.11 Å². The maximum absolute atomic E-state index is 9.45. The van der Waals surface area contributed by atoms with Crippen molar-refractivity contribution in [3.63, 3.8) is 0 Å². The number of phenolic OH excluding ortho intramolecular Hbond substituents is 1. The van der Waals surface area contributed by atoms with Gasteiger partial charge < -0.3 is 10.8 Å². The van der Waals surface area contributed by atoms with Gasteiger partial charge in [0.05, 0.1) is 8.95 Å². The third kappa shape index (κ3) is 3.12. The molecular weight excluding hydrogens is 333 g/mol. The summed E-state index contributed by atoms with van der Waals surface area (Å²) >= 11 is 6.52. The number of aromatic hydroxyl groups is 1. The first kappa shape index (κ1) is 14.2. The highest BCUT2D eigenvalue weighted by molar-refractivity contribution is 9.11. The summed E-state index contributed by atoms with van der Waals surface area (Å²) in [7, 11) is 0. The average Bonchev–Trinajstić information content (AvgIpc) is 2.12. The smallest absolute Gasteiger partial charge is 0.143 e. The zero-order chi connectivity index (χ0) is 10.0. The van der Waals surface area contributed by atoms with Gasteiger partial charge >= 0.3 is 0 Å². The van der Waals surface area contributed by atoms with E-state index in [1.165, 1.54) is 0 Å². The van der Waals surface area contributed by atoms with Crippen LogP contribution in [0.1, 0.15) is 24.9 Å². The predicted molar refractivity (Wildman–Crippen MR) is 68.0 cm³/mol. The second kappa shape index (κ2) is 5.95. The van der Waals surface area contributed by atoms with E-state index in [1.54, 1.807) is 0 Å². The van der Waals surface area contributed by atoms with Gasteiger partial charge in [0.15, 0.2) is 0 Å². The standard InChI is InChI=1S/C9H11Br2NO.ClH/c1-2-8(12)5-3-6(10)9(13)7(11)4-5;/h3-4,8,13H,2,12H2,1H3;1H/t8-;/m0./s1. The van der Waals surface area contributed by atoms with E-state index in [0.717, 1.165) is 12.0 Å². The summed E-state index contributed by atoms with van der Waals surface area (Å²) in [6, 6.07) is 3.70. The van der Waals surface area contributed by atoms with Crippen LogP contribution in [0.15, 0.2) is 21.1 Å². The lowest BCUT2D eigenvalue weighted by Gasteiger charge is -2.11. The predicted octanol–water partition coefficient (Wildman–Crippen LogP) is 3.75. The van der Waals surface area contributed by atoms with Crippen molar-refractivity contribution in [1.82, 2.24) is 0 Å². The summed E-state index contributed by atoms with van der Waals surface area (Å²) in [6.45, 7) is 2.03. The molecule has 0 saturated carbocycles. The van der Waals surface area contributed by atoms with Crippen LogP contribution in [-0.2, 0) is 0 Å². The Labute approximate surface area is 107 Å². The summed E-state index contributed by atoms with van der Waals surface area (Å²) in [4.78, 5) is 0. The zero-order valence-corrected chi connectivity index (χ0v) is 11.6. The molecule has 0 saturated heterocycles. The first-order valence-electron chi connectivity index (χ1n) is 3.99. The van der Waals surface area contributed by atoms with Crippen molar-refractivity contribution < 1.29 is 5.11 Å². The van der Waals surface area contributed by atoms with Gasteiger partial charge in [-0.1, -0.05) is 6.92 Å². The highest BCUT2D eigenvalue weighted by Crippen LogP contribution is 2.35. The lowest BCUT2D eigenvalue weighted by atomic mass is 10.1. The normalized spacial score (nSPS) is 12.0. The van der Waals surface area contributed by atoms with E-state index in [4.69, 9.17) is 5.73 Å². The molecule has 0 aliphatic heterocycles. The molecular formula is C9H12Br2ClNO. The Morgan fingerprint density at radius 1 is 1.36 bits per heavy atom. The van der Waals surface area contributed by atoms with E-state index in [2.05, 4.69) is 31.9 Å². The van der Waals surface area contributed by atoms with Crippen LogP contribution in [0.3, 0.4) is 0 Å².